The van der Waals surface area contributed by atoms with Crippen molar-refractivity contribution in [3.05, 3.63) is 59.7 Å². The number of hydrogen-bond acceptors (Lipinski definition) is 13. The average molecular weight is 978 g/mol. The minimum atomic E-state index is -1.07. The van der Waals surface area contributed by atoms with Crippen LogP contribution in [0, 0.1) is 23.7 Å². The van der Waals surface area contributed by atoms with Crippen LogP contribution in [0.4, 0.5) is 0 Å². The number of piperidine rings is 3. The van der Waals surface area contributed by atoms with Gasteiger partial charge in [-0.3, -0.25) is 9.59 Å². The normalized spacial score (nSPS) is 33.8. The number of carbonyl (C=O) groups excluding carboxylic acids is 2. The van der Waals surface area contributed by atoms with Gasteiger partial charge in [0.25, 0.3) is 0 Å². The molecule has 0 amide bonds. The molecule has 5 aliphatic heterocycles. The number of nitrogens with one attached hydrogen (secondary N) is 1. The van der Waals surface area contributed by atoms with E-state index in [4.69, 9.17) is 14.2 Å². The van der Waals surface area contributed by atoms with Crippen molar-refractivity contribution in [1.82, 2.24) is 24.9 Å². The van der Waals surface area contributed by atoms with E-state index in [1.807, 2.05) is 43.3 Å². The second kappa shape index (κ2) is 29.4. The van der Waals surface area contributed by atoms with Crippen LogP contribution in [-0.4, -0.2) is 175 Å². The van der Waals surface area contributed by atoms with Gasteiger partial charge >= 0.3 is 5.97 Å². The maximum Gasteiger partial charge on any atom is 0.308 e. The van der Waals surface area contributed by atoms with Crippen molar-refractivity contribution in [3.63, 3.8) is 0 Å². The summed E-state index contributed by atoms with van der Waals surface area (Å²) in [6, 6.07) is 10.4. The molecule has 4 fully saturated rings. The van der Waals surface area contributed by atoms with Crippen molar-refractivity contribution >= 4 is 11.8 Å². The third-order valence-corrected chi connectivity index (χ3v) is 16.7. The van der Waals surface area contributed by atoms with Crippen molar-refractivity contribution in [1.29, 1.82) is 0 Å². The highest BCUT2D eigenvalue weighted by Crippen LogP contribution is 2.36. The lowest BCUT2D eigenvalue weighted by Gasteiger charge is -2.44. The molecule has 4 N–H and O–H groups in total. The third-order valence-electron chi connectivity index (χ3n) is 16.7. The Morgan fingerprint density at radius 3 is 1.99 bits per heavy atom. The van der Waals surface area contributed by atoms with Crippen LogP contribution in [0.5, 0.6) is 0 Å². The second-order valence-corrected chi connectivity index (χ2v) is 22.3. The molecule has 0 bridgehead atoms. The van der Waals surface area contributed by atoms with Gasteiger partial charge in [-0.05, 0) is 187 Å². The van der Waals surface area contributed by atoms with Crippen LogP contribution in [-0.2, 0) is 30.3 Å². The van der Waals surface area contributed by atoms with Gasteiger partial charge in [-0.2, -0.15) is 0 Å². The summed E-state index contributed by atoms with van der Waals surface area (Å²) in [5, 5.41) is 38.4. The van der Waals surface area contributed by atoms with E-state index in [-0.39, 0.29) is 67.2 Å². The van der Waals surface area contributed by atoms with E-state index in [0.29, 0.717) is 38.8 Å². The third kappa shape index (κ3) is 17.5. The van der Waals surface area contributed by atoms with Crippen LogP contribution in [0.3, 0.4) is 0 Å². The SMILES string of the molecule is CC(CC1=C\[C@H](CNCc2ccccc2)COC(=O)C[C@@H](O)[C@@H](CC(C)N2CCCCC2)[C@H](CCO[C@@H]2O[C@H](C)[C@@H](O)[C@H](N(C)C)[C@H]2O)CC[C@H](CC(C)N2CCCCC2)C(=O)\C=C\1)N1CCCCC1. The largest absolute Gasteiger partial charge is 0.465 e. The van der Waals surface area contributed by atoms with Gasteiger partial charge in [-0.15, -0.1) is 0 Å². The molecule has 6 rings (SSSR count). The second-order valence-electron chi connectivity index (χ2n) is 22.3. The molecule has 1 aromatic rings. The highest BCUT2D eigenvalue weighted by molar-refractivity contribution is 5.92. The number of hydrogen-bond donors (Lipinski definition) is 4. The zero-order chi connectivity index (χ0) is 50.0. The standard InChI is InChI=1S/C57H95N5O8/c1-41(60-26-13-8-14-27-60)33-46-21-24-51(63)49(34-42(2)61-28-15-9-16-29-61)23-22-48(25-32-68-57-56(67)54(59(5)6)55(66)44(4)70-57)50(35-43(3)62-30-17-10-18-31-62)52(64)37-53(65)69-40-47(36-46)39-58-38-45-19-11-7-12-20-45/h7,11-12,19-21,24,36,41-44,47-50,52,54-58,64,66-67H,8-10,13-18,22-23,25-35,37-40H2,1-6H3/b24-21+,46-36-/t41?,42?,43?,44-,47-,48+,49-,50+,52-,54+,55-,56-,57-/m1/s1. The van der Waals surface area contributed by atoms with E-state index < -0.39 is 42.7 Å². The van der Waals surface area contributed by atoms with Crippen molar-refractivity contribution in [3.8, 4) is 0 Å². The van der Waals surface area contributed by atoms with E-state index in [0.717, 1.165) is 70.5 Å². The van der Waals surface area contributed by atoms with Crippen LogP contribution in [0.2, 0.25) is 0 Å². The minimum Gasteiger partial charge on any atom is -0.465 e. The fraction of sp³-hybridized carbons (Fsp3) is 0.789. The van der Waals surface area contributed by atoms with Crippen molar-refractivity contribution < 1.29 is 39.1 Å². The highest BCUT2D eigenvalue weighted by Gasteiger charge is 2.45. The molecule has 0 spiro atoms. The molecular weight excluding hydrogens is 883 g/mol. The Hall–Kier alpha value is -2.56. The van der Waals surface area contributed by atoms with Crippen LogP contribution in [0.15, 0.2) is 54.1 Å². The Balaban J connectivity index is 1.32. The molecule has 13 heteroatoms. The maximum atomic E-state index is 15.0. The Kier molecular flexibility index (Phi) is 23.8. The molecule has 0 radical (unpaired) electrons. The first-order valence-electron chi connectivity index (χ1n) is 27.8. The summed E-state index contributed by atoms with van der Waals surface area (Å²) in [5.74, 6) is -1.06. The number of aliphatic hydroxyl groups excluding tert-OH is 3. The Morgan fingerprint density at radius 1 is 0.771 bits per heavy atom. The Morgan fingerprint density at radius 2 is 1.37 bits per heavy atom. The van der Waals surface area contributed by atoms with E-state index in [2.05, 4.69) is 65.1 Å². The van der Waals surface area contributed by atoms with Crippen molar-refractivity contribution in [2.24, 2.45) is 23.7 Å². The molecule has 0 aliphatic carbocycles. The number of esters is 1. The number of aliphatic hydroxyl groups is 3. The summed E-state index contributed by atoms with van der Waals surface area (Å²) in [6.45, 7) is 16.6. The number of cyclic esters (lactones) is 1. The first-order chi connectivity index (χ1) is 33.8. The van der Waals surface area contributed by atoms with Gasteiger partial charge in [0.1, 0.15) is 6.10 Å². The van der Waals surface area contributed by atoms with Crippen LogP contribution in [0.25, 0.3) is 0 Å². The molecular formula is C57H95N5O8. The number of rotatable bonds is 18. The van der Waals surface area contributed by atoms with Gasteiger partial charge in [0.15, 0.2) is 12.1 Å². The Labute approximate surface area is 422 Å². The van der Waals surface area contributed by atoms with E-state index in [1.54, 1.807) is 6.92 Å². The number of nitrogens with zero attached hydrogens (tertiary/aromatic N) is 4. The summed E-state index contributed by atoms with van der Waals surface area (Å²) in [7, 11) is 3.67. The van der Waals surface area contributed by atoms with Crippen LogP contribution < -0.4 is 5.32 Å². The molecule has 1 aromatic carbocycles. The van der Waals surface area contributed by atoms with E-state index in [1.165, 1.54) is 50.5 Å². The predicted octanol–water partition coefficient (Wildman–Crippen LogP) is 6.98. The minimum absolute atomic E-state index is 0.114. The van der Waals surface area contributed by atoms with E-state index in [9.17, 15) is 24.9 Å². The van der Waals surface area contributed by atoms with Gasteiger partial charge in [-0.25, -0.2) is 0 Å². The zero-order valence-electron chi connectivity index (χ0n) is 44.2. The summed E-state index contributed by atoms with van der Waals surface area (Å²) >= 11 is 0. The fourth-order valence-electron chi connectivity index (χ4n) is 12.3. The number of carbonyl (C=O) groups is 2. The number of likely N-dealkylation sites (N-methyl/N-ethyl adjacent to an activating group) is 1. The van der Waals surface area contributed by atoms with Gasteiger partial charge in [0, 0.05) is 43.1 Å². The lowest BCUT2D eigenvalue weighted by atomic mass is 9.75. The number of ketones is 1. The number of likely N-dealkylation sites (tertiary alicyclic amines) is 3. The number of ether oxygens (including phenoxy) is 3. The Bertz CT molecular complexity index is 1730. The molecule has 13 atom stereocenters. The average Bonchev–Trinajstić information content (AvgIpc) is 3.36. The number of benzene rings is 1. The monoisotopic (exact) mass is 978 g/mol. The first kappa shape index (κ1) is 56.7. The fourth-order valence-corrected chi connectivity index (χ4v) is 12.3. The van der Waals surface area contributed by atoms with Gasteiger partial charge < -0.3 is 54.4 Å². The van der Waals surface area contributed by atoms with Crippen LogP contribution in [0.1, 0.15) is 136 Å². The summed E-state index contributed by atoms with van der Waals surface area (Å²) in [6.07, 6.45) is 16.5. The highest BCUT2D eigenvalue weighted by atomic mass is 16.7. The molecule has 0 aromatic heterocycles. The molecule has 13 nitrogen and oxygen atoms in total. The molecule has 70 heavy (non-hydrogen) atoms. The maximum absolute atomic E-state index is 15.0. The summed E-state index contributed by atoms with van der Waals surface area (Å²) in [4.78, 5) is 38.6. The molecule has 4 saturated heterocycles. The van der Waals surface area contributed by atoms with Gasteiger partial charge in [0.05, 0.1) is 44.0 Å². The lowest BCUT2D eigenvalue weighted by Crippen LogP contribution is -2.62. The quantitative estimate of drug-likeness (QED) is 0.112. The topological polar surface area (TPSA) is 148 Å². The van der Waals surface area contributed by atoms with E-state index >= 15 is 0 Å². The first-order valence-corrected chi connectivity index (χ1v) is 27.8. The molecule has 5 aliphatic rings. The van der Waals surface area contributed by atoms with Crippen molar-refractivity contribution in [2.75, 3.05) is 73.1 Å². The lowest BCUT2D eigenvalue weighted by molar-refractivity contribution is -0.281. The number of allylic oxidation sites excluding steroid dienone is 2. The summed E-state index contributed by atoms with van der Waals surface area (Å²) in [5.41, 5.74) is 2.25. The molecule has 3 unspecified atom stereocenters. The van der Waals surface area contributed by atoms with Crippen molar-refractivity contribution in [2.45, 2.75) is 192 Å². The van der Waals surface area contributed by atoms with Gasteiger partial charge in [-0.1, -0.05) is 61.7 Å². The molecule has 396 valence electrons. The molecule has 0 saturated carbocycles. The van der Waals surface area contributed by atoms with Gasteiger partial charge in [0.2, 0.25) is 0 Å². The predicted molar refractivity (Wildman–Crippen MR) is 278 cm³/mol. The zero-order valence-corrected chi connectivity index (χ0v) is 44.2. The van der Waals surface area contributed by atoms with Crippen LogP contribution >= 0.6 is 0 Å². The summed E-state index contributed by atoms with van der Waals surface area (Å²) < 4.78 is 18.7. The molecule has 5 heterocycles. The smallest absolute Gasteiger partial charge is 0.308 e.